The van der Waals surface area contributed by atoms with Crippen molar-refractivity contribution in [1.29, 1.82) is 0 Å². The molecule has 0 aromatic heterocycles. The molecule has 0 bridgehead atoms. The number of carbonyl (C=O) groups excluding carboxylic acids is 1. The van der Waals surface area contributed by atoms with E-state index in [1.165, 1.54) is 12.1 Å². The fourth-order valence-electron chi connectivity index (χ4n) is 3.72. The molecule has 0 atom stereocenters. The van der Waals surface area contributed by atoms with Gasteiger partial charge in [0.1, 0.15) is 0 Å². The zero-order valence-corrected chi connectivity index (χ0v) is 16.1. The van der Waals surface area contributed by atoms with Crippen LogP contribution in [0.2, 0.25) is 0 Å². The molecular weight excluding hydrogens is 391 g/mol. The number of halogens is 3. The van der Waals surface area contributed by atoms with Crippen LogP contribution in [-0.4, -0.2) is 80.5 Å². The minimum absolute atomic E-state index is 0.209. The molecular formula is C19H24F3N3O4. The number of rotatable bonds is 4. The van der Waals surface area contributed by atoms with Crippen LogP contribution < -0.4 is 9.80 Å². The summed E-state index contributed by atoms with van der Waals surface area (Å²) in [6.45, 7) is 3.39. The second-order valence-electron chi connectivity index (χ2n) is 7.31. The first-order chi connectivity index (χ1) is 13.7. The Kier molecular flexibility index (Phi) is 6.33. The van der Waals surface area contributed by atoms with Crippen molar-refractivity contribution < 1.29 is 32.6 Å². The van der Waals surface area contributed by atoms with E-state index in [0.717, 1.165) is 13.1 Å². The molecule has 2 aliphatic rings. The number of nitrogens with zero attached hydrogens (tertiary/aromatic N) is 3. The molecule has 2 saturated heterocycles. The number of piperazine rings is 1. The number of anilines is 2. The van der Waals surface area contributed by atoms with E-state index in [1.54, 1.807) is 6.07 Å². The molecule has 160 valence electrons. The molecule has 2 heterocycles. The predicted molar refractivity (Wildman–Crippen MR) is 100 cm³/mol. The number of amides is 1. The zero-order chi connectivity index (χ0) is 21.2. The molecule has 0 unspecified atom stereocenters. The topological polar surface area (TPSA) is 73.3 Å². The van der Waals surface area contributed by atoms with Crippen molar-refractivity contribution in [2.24, 2.45) is 0 Å². The summed E-state index contributed by atoms with van der Waals surface area (Å²) in [5.74, 6) is -3.43. The minimum Gasteiger partial charge on any atom is -0.478 e. The van der Waals surface area contributed by atoms with Crippen LogP contribution in [-0.2, 0) is 9.53 Å². The lowest BCUT2D eigenvalue weighted by atomic mass is 10.0. The lowest BCUT2D eigenvalue weighted by Gasteiger charge is -2.37. The van der Waals surface area contributed by atoms with Gasteiger partial charge in [0.25, 0.3) is 0 Å². The summed E-state index contributed by atoms with van der Waals surface area (Å²) in [5.41, 5.74) is 0.0701. The molecule has 0 radical (unpaired) electrons. The van der Waals surface area contributed by atoms with E-state index in [2.05, 4.69) is 4.90 Å². The maximum Gasteiger partial charge on any atom is 0.471 e. The van der Waals surface area contributed by atoms with Crippen molar-refractivity contribution in [2.45, 2.75) is 25.1 Å². The Morgan fingerprint density at radius 2 is 1.76 bits per heavy atom. The number of ether oxygens (including phenoxy) is 1. The van der Waals surface area contributed by atoms with Crippen LogP contribution in [0, 0.1) is 0 Å². The van der Waals surface area contributed by atoms with E-state index in [1.807, 2.05) is 11.9 Å². The molecule has 3 rings (SSSR count). The number of aromatic carboxylic acids is 1. The van der Waals surface area contributed by atoms with Gasteiger partial charge in [-0.15, -0.1) is 0 Å². The monoisotopic (exact) mass is 415 g/mol. The highest BCUT2D eigenvalue weighted by atomic mass is 19.4. The number of alkyl halides is 3. The number of hydrogen-bond donors (Lipinski definition) is 1. The maximum atomic E-state index is 13.3. The first kappa shape index (κ1) is 21.4. The van der Waals surface area contributed by atoms with Crippen molar-refractivity contribution in [3.63, 3.8) is 0 Å². The minimum atomic E-state index is -5.11. The third-order valence-electron chi connectivity index (χ3n) is 5.36. The highest BCUT2D eigenvalue weighted by molar-refractivity contribution is 6.04. The van der Waals surface area contributed by atoms with E-state index < -0.39 is 24.1 Å². The summed E-state index contributed by atoms with van der Waals surface area (Å²) in [6.07, 6.45) is -4.69. The van der Waals surface area contributed by atoms with Gasteiger partial charge in [-0.2, -0.15) is 13.2 Å². The highest BCUT2D eigenvalue weighted by Crippen LogP contribution is 2.34. The summed E-state index contributed by atoms with van der Waals surface area (Å²) in [4.78, 5) is 28.8. The van der Waals surface area contributed by atoms with E-state index in [4.69, 9.17) is 4.74 Å². The van der Waals surface area contributed by atoms with Crippen LogP contribution in [0.3, 0.4) is 0 Å². The third-order valence-corrected chi connectivity index (χ3v) is 5.36. The Labute approximate surface area is 166 Å². The van der Waals surface area contributed by atoms with Gasteiger partial charge in [0, 0.05) is 51.1 Å². The predicted octanol–water partition coefficient (Wildman–Crippen LogP) is 2.21. The molecule has 29 heavy (non-hydrogen) atoms. The molecule has 0 aliphatic carbocycles. The molecule has 1 N–H and O–H groups in total. The van der Waals surface area contributed by atoms with E-state index >= 15 is 0 Å². The highest BCUT2D eigenvalue weighted by Gasteiger charge is 2.46. The summed E-state index contributed by atoms with van der Waals surface area (Å²) < 4.78 is 45.1. The number of likely N-dealkylation sites (N-methyl/N-ethyl adjacent to an activating group) is 1. The van der Waals surface area contributed by atoms with Crippen molar-refractivity contribution >= 4 is 23.3 Å². The first-order valence-corrected chi connectivity index (χ1v) is 9.47. The maximum absolute atomic E-state index is 13.3. The molecule has 1 aromatic carbocycles. The van der Waals surface area contributed by atoms with Crippen LogP contribution in [0.25, 0.3) is 0 Å². The van der Waals surface area contributed by atoms with Gasteiger partial charge < -0.3 is 24.5 Å². The van der Waals surface area contributed by atoms with Gasteiger partial charge >= 0.3 is 18.1 Å². The summed E-state index contributed by atoms with van der Waals surface area (Å²) >= 11 is 0. The van der Waals surface area contributed by atoms with Gasteiger partial charge in [-0.1, -0.05) is 0 Å². The molecule has 2 fully saturated rings. The van der Waals surface area contributed by atoms with E-state index in [0.29, 0.717) is 23.7 Å². The number of carboxylic acids is 1. The Balaban J connectivity index is 2.00. The number of carbonyl (C=O) groups is 2. The average molecular weight is 415 g/mol. The number of benzene rings is 1. The van der Waals surface area contributed by atoms with Gasteiger partial charge in [0.2, 0.25) is 0 Å². The molecule has 1 aromatic rings. The normalized spacial score (nSPS) is 19.2. The number of hydrogen-bond acceptors (Lipinski definition) is 5. The third kappa shape index (κ3) is 4.81. The fraction of sp³-hybridized carbons (Fsp3) is 0.579. The van der Waals surface area contributed by atoms with Crippen LogP contribution in [0.1, 0.15) is 23.2 Å². The van der Waals surface area contributed by atoms with E-state index in [9.17, 15) is 27.9 Å². The summed E-state index contributed by atoms with van der Waals surface area (Å²) in [6, 6.07) is 3.49. The second kappa shape index (κ2) is 8.58. The summed E-state index contributed by atoms with van der Waals surface area (Å²) in [5, 5.41) is 9.69. The van der Waals surface area contributed by atoms with Crippen LogP contribution >= 0.6 is 0 Å². The van der Waals surface area contributed by atoms with Gasteiger partial charge in [-0.25, -0.2) is 4.79 Å². The summed E-state index contributed by atoms with van der Waals surface area (Å²) in [7, 11) is 1.98. The van der Waals surface area contributed by atoms with Gasteiger partial charge in [0.05, 0.1) is 11.3 Å². The fourth-order valence-corrected chi connectivity index (χ4v) is 3.72. The van der Waals surface area contributed by atoms with Gasteiger partial charge in [0.15, 0.2) is 0 Å². The van der Waals surface area contributed by atoms with Gasteiger partial charge in [-0.05, 0) is 38.1 Å². The molecule has 0 saturated carbocycles. The van der Waals surface area contributed by atoms with Crippen LogP contribution in [0.5, 0.6) is 0 Å². The lowest BCUT2D eigenvalue weighted by Crippen LogP contribution is -2.50. The zero-order valence-electron chi connectivity index (χ0n) is 16.1. The number of carboxylic acid groups (broad SMARTS) is 1. The first-order valence-electron chi connectivity index (χ1n) is 9.47. The van der Waals surface area contributed by atoms with Crippen molar-refractivity contribution in [3.8, 4) is 0 Å². The SMILES string of the molecule is CN1CCN(c2ccc(N(C(=O)C(F)(F)F)C3CCOCC3)c(C(=O)O)c2)CC1. The van der Waals surface area contributed by atoms with Crippen molar-refractivity contribution in [3.05, 3.63) is 23.8 Å². The lowest BCUT2D eigenvalue weighted by molar-refractivity contribution is -0.171. The molecule has 10 heteroatoms. The Bertz CT molecular complexity index is 758. The Morgan fingerprint density at radius 1 is 1.14 bits per heavy atom. The van der Waals surface area contributed by atoms with Crippen molar-refractivity contribution in [1.82, 2.24) is 4.90 Å². The van der Waals surface area contributed by atoms with Crippen molar-refractivity contribution in [2.75, 3.05) is 56.2 Å². The molecule has 7 nitrogen and oxygen atoms in total. The quantitative estimate of drug-likeness (QED) is 0.813. The standard InChI is InChI=1S/C19H24F3N3O4/c1-23-6-8-24(9-7-23)14-2-3-16(15(12-14)17(26)27)25(18(28)19(20,21)22)13-4-10-29-11-5-13/h2-3,12-13H,4-11H2,1H3,(H,26,27). The van der Waals surface area contributed by atoms with Crippen LogP contribution in [0.4, 0.5) is 24.5 Å². The van der Waals surface area contributed by atoms with E-state index in [-0.39, 0.29) is 37.3 Å². The second-order valence-corrected chi connectivity index (χ2v) is 7.31. The Hall–Kier alpha value is -2.33. The smallest absolute Gasteiger partial charge is 0.471 e. The largest absolute Gasteiger partial charge is 0.478 e. The average Bonchev–Trinajstić information content (AvgIpc) is 2.69. The van der Waals surface area contributed by atoms with Crippen LogP contribution in [0.15, 0.2) is 18.2 Å². The molecule has 2 aliphatic heterocycles. The van der Waals surface area contributed by atoms with Gasteiger partial charge in [-0.3, -0.25) is 4.79 Å². The Morgan fingerprint density at radius 3 is 2.31 bits per heavy atom. The molecule has 1 amide bonds. The molecule has 0 spiro atoms.